The van der Waals surface area contributed by atoms with E-state index in [4.69, 9.17) is 5.11 Å². The second kappa shape index (κ2) is 5.43. The smallest absolute Gasteiger partial charge is 0.352 e. The third kappa shape index (κ3) is 2.86. The van der Waals surface area contributed by atoms with Crippen molar-refractivity contribution in [1.29, 1.82) is 0 Å². The summed E-state index contributed by atoms with van der Waals surface area (Å²) in [5, 5.41) is 8.79. The first-order valence-electron chi connectivity index (χ1n) is 5.68. The van der Waals surface area contributed by atoms with Crippen molar-refractivity contribution in [3.05, 3.63) is 48.0 Å². The number of carboxylic acids is 1. The molecule has 0 aromatic carbocycles. The molecule has 0 spiro atoms. The Balaban J connectivity index is 2.23. The van der Waals surface area contributed by atoms with Crippen molar-refractivity contribution in [2.24, 2.45) is 0 Å². The number of nitrogens with one attached hydrogen (secondary N) is 1. The molecule has 0 aliphatic rings. The van der Waals surface area contributed by atoms with Crippen LogP contribution >= 0.6 is 0 Å². The van der Waals surface area contributed by atoms with Gasteiger partial charge in [-0.3, -0.25) is 4.98 Å². The van der Waals surface area contributed by atoms with Gasteiger partial charge in [0, 0.05) is 32.2 Å². The molecule has 2 heterocycles. The number of hydrogen-bond acceptors (Lipinski definition) is 4. The lowest BCUT2D eigenvalue weighted by molar-refractivity contribution is 0.0691. The van der Waals surface area contributed by atoms with Gasteiger partial charge in [0.05, 0.1) is 0 Å². The third-order valence-corrected chi connectivity index (χ3v) is 4.53. The maximum atomic E-state index is 12.3. The lowest BCUT2D eigenvalue weighted by Gasteiger charge is -2.16. The summed E-state index contributed by atoms with van der Waals surface area (Å²) < 4.78 is 25.7. The van der Waals surface area contributed by atoms with Gasteiger partial charge < -0.3 is 10.1 Å². The maximum absolute atomic E-state index is 12.3. The zero-order chi connectivity index (χ0) is 14.8. The lowest BCUT2D eigenvalue weighted by Crippen LogP contribution is -2.26. The SMILES string of the molecule is CN(Cc1ccncc1)S(=O)(=O)c1c[nH]c(C(=O)O)c1. The summed E-state index contributed by atoms with van der Waals surface area (Å²) in [5.41, 5.74) is 0.626. The largest absolute Gasteiger partial charge is 0.477 e. The Morgan fingerprint density at radius 2 is 2.05 bits per heavy atom. The van der Waals surface area contributed by atoms with Crippen molar-refractivity contribution in [2.45, 2.75) is 11.4 Å². The first kappa shape index (κ1) is 14.2. The number of rotatable bonds is 5. The highest BCUT2D eigenvalue weighted by Crippen LogP contribution is 2.17. The van der Waals surface area contributed by atoms with Crippen molar-refractivity contribution in [3.63, 3.8) is 0 Å². The maximum Gasteiger partial charge on any atom is 0.352 e. The summed E-state index contributed by atoms with van der Waals surface area (Å²) >= 11 is 0. The average Bonchev–Trinajstić information content (AvgIpc) is 2.90. The molecule has 106 valence electrons. The Morgan fingerprint density at radius 1 is 1.40 bits per heavy atom. The van der Waals surface area contributed by atoms with Gasteiger partial charge in [-0.15, -0.1) is 0 Å². The van der Waals surface area contributed by atoms with E-state index in [1.54, 1.807) is 24.5 Å². The van der Waals surface area contributed by atoms with Crippen LogP contribution in [0.15, 0.2) is 41.7 Å². The first-order valence-corrected chi connectivity index (χ1v) is 7.12. The van der Waals surface area contributed by atoms with Gasteiger partial charge in [-0.25, -0.2) is 13.2 Å². The topological polar surface area (TPSA) is 103 Å². The average molecular weight is 295 g/mol. The molecule has 0 fully saturated rings. The number of aromatic nitrogens is 2. The third-order valence-electron chi connectivity index (χ3n) is 2.75. The standard InChI is InChI=1S/C12H13N3O4S/c1-15(8-9-2-4-13-5-3-9)20(18,19)10-6-11(12(16)17)14-7-10/h2-7,14H,8H2,1H3,(H,16,17). The van der Waals surface area contributed by atoms with Crippen LogP contribution < -0.4 is 0 Å². The molecule has 2 N–H and O–H groups in total. The quantitative estimate of drug-likeness (QED) is 0.854. The number of nitrogens with zero attached hydrogens (tertiary/aromatic N) is 2. The molecule has 0 saturated heterocycles. The summed E-state index contributed by atoms with van der Waals surface area (Å²) in [7, 11) is -2.30. The van der Waals surface area contributed by atoms with Crippen LogP contribution in [0.1, 0.15) is 16.1 Å². The van der Waals surface area contributed by atoms with E-state index in [0.717, 1.165) is 15.9 Å². The minimum absolute atomic E-state index is 0.0774. The van der Waals surface area contributed by atoms with Crippen LogP contribution in [0, 0.1) is 0 Å². The summed E-state index contributed by atoms with van der Waals surface area (Å²) in [6.07, 6.45) is 4.32. The van der Waals surface area contributed by atoms with Gasteiger partial charge in [-0.1, -0.05) is 0 Å². The van der Waals surface area contributed by atoms with Crippen LogP contribution in [0.5, 0.6) is 0 Å². The predicted molar refractivity (Wildman–Crippen MR) is 70.6 cm³/mol. The molecule has 0 aliphatic carbocycles. The van der Waals surface area contributed by atoms with Crippen LogP contribution in [-0.4, -0.2) is 40.8 Å². The number of hydrogen-bond donors (Lipinski definition) is 2. The number of carbonyl (C=O) groups is 1. The van der Waals surface area contributed by atoms with Gasteiger partial charge in [0.2, 0.25) is 10.0 Å². The van der Waals surface area contributed by atoms with Crippen LogP contribution in [0.25, 0.3) is 0 Å². The summed E-state index contributed by atoms with van der Waals surface area (Å²) in [6, 6.07) is 4.53. The summed E-state index contributed by atoms with van der Waals surface area (Å²) in [4.78, 5) is 17.0. The fourth-order valence-electron chi connectivity index (χ4n) is 1.66. The number of sulfonamides is 1. The molecule has 2 aromatic rings. The Hall–Kier alpha value is -2.19. The molecule has 8 heteroatoms. The second-order valence-electron chi connectivity index (χ2n) is 4.17. The normalized spacial score (nSPS) is 11.7. The molecule has 20 heavy (non-hydrogen) atoms. The van der Waals surface area contributed by atoms with Crippen molar-refractivity contribution in [3.8, 4) is 0 Å². The molecule has 0 unspecified atom stereocenters. The second-order valence-corrected chi connectivity index (χ2v) is 6.22. The van der Waals surface area contributed by atoms with E-state index in [1.807, 2.05) is 0 Å². The molecule has 0 radical (unpaired) electrons. The van der Waals surface area contributed by atoms with E-state index in [-0.39, 0.29) is 17.1 Å². The highest BCUT2D eigenvalue weighted by molar-refractivity contribution is 7.89. The van der Waals surface area contributed by atoms with Gasteiger partial charge in [-0.2, -0.15) is 4.31 Å². The highest BCUT2D eigenvalue weighted by atomic mass is 32.2. The summed E-state index contributed by atoms with van der Waals surface area (Å²) in [6.45, 7) is 0.179. The number of aromatic carboxylic acids is 1. The van der Waals surface area contributed by atoms with E-state index in [9.17, 15) is 13.2 Å². The molecule has 2 aromatic heterocycles. The van der Waals surface area contributed by atoms with Crippen molar-refractivity contribution >= 4 is 16.0 Å². The Bertz CT molecular complexity index is 709. The number of H-pyrrole nitrogens is 1. The molecule has 0 bridgehead atoms. The molecule has 7 nitrogen and oxygen atoms in total. The summed E-state index contributed by atoms with van der Waals surface area (Å²) in [5.74, 6) is -1.21. The lowest BCUT2D eigenvalue weighted by atomic mass is 10.3. The monoisotopic (exact) mass is 295 g/mol. The number of carboxylic acid groups (broad SMARTS) is 1. The molecular formula is C12H13N3O4S. The Labute approximate surface area is 115 Å². The fourth-order valence-corrected chi connectivity index (χ4v) is 2.81. The van der Waals surface area contributed by atoms with Gasteiger partial charge in [-0.05, 0) is 23.8 Å². The molecule has 0 amide bonds. The highest BCUT2D eigenvalue weighted by Gasteiger charge is 2.23. The minimum Gasteiger partial charge on any atom is -0.477 e. The fraction of sp³-hybridized carbons (Fsp3) is 0.167. The van der Waals surface area contributed by atoms with E-state index in [2.05, 4.69) is 9.97 Å². The Kier molecular flexibility index (Phi) is 3.86. The van der Waals surface area contributed by atoms with Crippen LogP contribution in [-0.2, 0) is 16.6 Å². The van der Waals surface area contributed by atoms with Crippen LogP contribution in [0.4, 0.5) is 0 Å². The molecule has 0 aliphatic heterocycles. The van der Waals surface area contributed by atoms with Gasteiger partial charge in [0.25, 0.3) is 0 Å². The van der Waals surface area contributed by atoms with Crippen molar-refractivity contribution < 1.29 is 18.3 Å². The van der Waals surface area contributed by atoms with E-state index in [0.29, 0.717) is 0 Å². The van der Waals surface area contributed by atoms with Crippen LogP contribution in [0.3, 0.4) is 0 Å². The number of pyridine rings is 1. The molecular weight excluding hydrogens is 282 g/mol. The van der Waals surface area contributed by atoms with Crippen molar-refractivity contribution in [1.82, 2.24) is 14.3 Å². The van der Waals surface area contributed by atoms with E-state index < -0.39 is 16.0 Å². The Morgan fingerprint density at radius 3 is 2.60 bits per heavy atom. The van der Waals surface area contributed by atoms with Gasteiger partial charge in [0.1, 0.15) is 10.6 Å². The van der Waals surface area contributed by atoms with Crippen molar-refractivity contribution in [2.75, 3.05) is 7.05 Å². The molecule has 0 saturated carbocycles. The minimum atomic E-state index is -3.73. The first-order chi connectivity index (χ1) is 9.41. The zero-order valence-electron chi connectivity index (χ0n) is 10.6. The molecule has 2 rings (SSSR count). The molecule has 0 atom stereocenters. The van der Waals surface area contributed by atoms with Gasteiger partial charge >= 0.3 is 5.97 Å². The number of aromatic amines is 1. The predicted octanol–water partition coefficient (Wildman–Crippen LogP) is 0.929. The van der Waals surface area contributed by atoms with Crippen LogP contribution in [0.2, 0.25) is 0 Å². The van der Waals surface area contributed by atoms with Gasteiger partial charge in [0.15, 0.2) is 0 Å². The van der Waals surface area contributed by atoms with E-state index in [1.165, 1.54) is 13.2 Å². The van der Waals surface area contributed by atoms with E-state index >= 15 is 0 Å². The zero-order valence-corrected chi connectivity index (χ0v) is 11.5.